The lowest BCUT2D eigenvalue weighted by atomic mass is 10.2. The van der Waals surface area contributed by atoms with E-state index in [4.69, 9.17) is 4.74 Å². The second kappa shape index (κ2) is 8.61. The predicted octanol–water partition coefficient (Wildman–Crippen LogP) is 4.20. The van der Waals surface area contributed by atoms with Crippen LogP contribution in [0.5, 0.6) is 0 Å². The molecule has 1 amide bonds. The zero-order chi connectivity index (χ0) is 20.2. The Morgan fingerprint density at radius 1 is 1.17 bits per heavy atom. The van der Waals surface area contributed by atoms with Crippen molar-refractivity contribution >= 4 is 23.2 Å². The van der Waals surface area contributed by atoms with Crippen molar-refractivity contribution < 1.29 is 14.3 Å². The van der Waals surface area contributed by atoms with Crippen LogP contribution >= 0.6 is 11.3 Å². The zero-order valence-corrected chi connectivity index (χ0v) is 17.0. The minimum atomic E-state index is -0.868. The Bertz CT molecular complexity index is 976. The highest BCUT2D eigenvalue weighted by atomic mass is 32.1. The van der Waals surface area contributed by atoms with Crippen LogP contribution in [-0.2, 0) is 9.53 Å². The second-order valence-corrected chi connectivity index (χ2v) is 8.12. The number of aromatic nitrogens is 2. The van der Waals surface area contributed by atoms with Gasteiger partial charge in [-0.2, -0.15) is 5.10 Å². The van der Waals surface area contributed by atoms with Crippen molar-refractivity contribution in [1.29, 1.82) is 0 Å². The quantitative estimate of drug-likeness (QED) is 0.619. The van der Waals surface area contributed by atoms with E-state index in [1.54, 1.807) is 29.0 Å². The topological polar surface area (TPSA) is 73.2 Å². The highest BCUT2D eigenvalue weighted by molar-refractivity contribution is 7.13. The van der Waals surface area contributed by atoms with Crippen molar-refractivity contribution in [3.8, 4) is 16.3 Å². The molecule has 1 saturated carbocycles. The summed E-state index contributed by atoms with van der Waals surface area (Å²) in [5.41, 5.74) is 1.74. The summed E-state index contributed by atoms with van der Waals surface area (Å²) in [4.78, 5) is 26.3. The lowest BCUT2D eigenvalue weighted by Gasteiger charge is -2.17. The van der Waals surface area contributed by atoms with Gasteiger partial charge in [-0.15, -0.1) is 11.3 Å². The van der Waals surface area contributed by atoms with E-state index in [2.05, 4.69) is 10.4 Å². The smallest absolute Gasteiger partial charge is 0.357 e. The number of thiophene rings is 1. The number of ether oxygens (including phenoxy) is 1. The molecule has 6 nitrogen and oxygen atoms in total. The molecule has 0 bridgehead atoms. The van der Waals surface area contributed by atoms with Crippen molar-refractivity contribution in [2.45, 2.75) is 44.8 Å². The first-order chi connectivity index (χ1) is 14.1. The number of carbonyl (C=O) groups excluding carboxylic acids is 2. The minimum Gasteiger partial charge on any atom is -0.448 e. The molecule has 0 radical (unpaired) electrons. The summed E-state index contributed by atoms with van der Waals surface area (Å²) in [5.74, 6) is -0.826. The maximum atomic E-state index is 12.9. The van der Waals surface area contributed by atoms with Gasteiger partial charge in [0, 0.05) is 12.1 Å². The van der Waals surface area contributed by atoms with E-state index >= 15 is 0 Å². The lowest BCUT2D eigenvalue weighted by Crippen LogP contribution is -2.41. The fraction of sp³-hybridized carbons (Fsp3) is 0.318. The fourth-order valence-electron chi connectivity index (χ4n) is 3.50. The van der Waals surface area contributed by atoms with Crippen LogP contribution in [-0.4, -0.2) is 33.8 Å². The van der Waals surface area contributed by atoms with Gasteiger partial charge in [-0.1, -0.05) is 37.1 Å². The van der Waals surface area contributed by atoms with Crippen LogP contribution in [0, 0.1) is 0 Å². The van der Waals surface area contributed by atoms with Gasteiger partial charge in [0.05, 0.1) is 10.6 Å². The number of hydrogen-bond acceptors (Lipinski definition) is 5. The molecule has 1 aliphatic carbocycles. The molecule has 0 aliphatic heterocycles. The van der Waals surface area contributed by atoms with Crippen LogP contribution in [0.2, 0.25) is 0 Å². The van der Waals surface area contributed by atoms with E-state index in [0.717, 1.165) is 36.2 Å². The fourth-order valence-corrected chi connectivity index (χ4v) is 4.18. The minimum absolute atomic E-state index is 0.184. The maximum absolute atomic E-state index is 12.9. The molecule has 0 saturated heterocycles. The van der Waals surface area contributed by atoms with E-state index in [-0.39, 0.29) is 11.9 Å². The van der Waals surface area contributed by atoms with E-state index in [0.29, 0.717) is 11.4 Å². The number of nitrogens with zero attached hydrogens (tertiary/aromatic N) is 2. The third-order valence-corrected chi connectivity index (χ3v) is 5.94. The molecule has 150 valence electrons. The molecule has 4 rings (SSSR count). The van der Waals surface area contributed by atoms with Gasteiger partial charge in [0.15, 0.2) is 11.8 Å². The van der Waals surface area contributed by atoms with Crippen LogP contribution in [0.4, 0.5) is 0 Å². The van der Waals surface area contributed by atoms with Gasteiger partial charge < -0.3 is 10.1 Å². The van der Waals surface area contributed by atoms with Crippen LogP contribution in [0.15, 0.2) is 53.9 Å². The highest BCUT2D eigenvalue weighted by Crippen LogP contribution is 2.26. The van der Waals surface area contributed by atoms with Crippen molar-refractivity contribution in [3.05, 3.63) is 59.6 Å². The zero-order valence-electron chi connectivity index (χ0n) is 16.2. The number of nitrogens with one attached hydrogen (secondary N) is 1. The maximum Gasteiger partial charge on any atom is 0.357 e. The molecular weight excluding hydrogens is 386 g/mol. The van der Waals surface area contributed by atoms with Gasteiger partial charge in [0.25, 0.3) is 5.91 Å². The van der Waals surface area contributed by atoms with Crippen molar-refractivity contribution in [2.75, 3.05) is 0 Å². The van der Waals surface area contributed by atoms with Crippen molar-refractivity contribution in [2.24, 2.45) is 0 Å². The van der Waals surface area contributed by atoms with Gasteiger partial charge in [-0.25, -0.2) is 9.48 Å². The standard InChI is InChI=1S/C22H23N3O3S/c1-15(21(26)23-16-8-5-6-9-16)28-22(27)19-14-18(20-12-7-13-29-20)24-25(19)17-10-3-2-4-11-17/h2-4,7,10-16H,5-6,8-9H2,1H3,(H,23,26)/t15-/m1/s1. The van der Waals surface area contributed by atoms with E-state index < -0.39 is 12.1 Å². The Morgan fingerprint density at radius 2 is 1.93 bits per heavy atom. The first-order valence-corrected chi connectivity index (χ1v) is 10.7. The van der Waals surface area contributed by atoms with E-state index in [1.165, 1.54) is 0 Å². The Morgan fingerprint density at radius 3 is 2.62 bits per heavy atom. The monoisotopic (exact) mass is 409 g/mol. The van der Waals surface area contributed by atoms with Gasteiger partial charge in [-0.3, -0.25) is 4.79 Å². The Hall–Kier alpha value is -2.93. The summed E-state index contributed by atoms with van der Waals surface area (Å²) in [6.45, 7) is 1.60. The van der Waals surface area contributed by atoms with Crippen LogP contribution < -0.4 is 5.32 Å². The molecule has 1 aliphatic rings. The molecule has 1 atom stereocenters. The molecule has 2 aromatic heterocycles. The molecule has 3 aromatic rings. The van der Waals surface area contributed by atoms with E-state index in [1.807, 2.05) is 47.8 Å². The first-order valence-electron chi connectivity index (χ1n) is 9.82. The average Bonchev–Trinajstić information content (AvgIpc) is 3.49. The normalized spacial score (nSPS) is 15.2. The van der Waals surface area contributed by atoms with Gasteiger partial charge in [0.2, 0.25) is 0 Å². The summed E-state index contributed by atoms with van der Waals surface area (Å²) in [6, 6.07) is 15.2. The molecule has 7 heteroatoms. The van der Waals surface area contributed by atoms with Gasteiger partial charge in [0.1, 0.15) is 5.69 Å². The summed E-state index contributed by atoms with van der Waals surface area (Å²) in [5, 5.41) is 9.54. The number of benzene rings is 1. The van der Waals surface area contributed by atoms with Crippen molar-refractivity contribution in [3.63, 3.8) is 0 Å². The third-order valence-electron chi connectivity index (χ3n) is 5.05. The Labute approximate surface area is 173 Å². The molecular formula is C22H23N3O3S. The molecule has 1 fully saturated rings. The summed E-state index contributed by atoms with van der Waals surface area (Å²) >= 11 is 1.55. The molecule has 0 unspecified atom stereocenters. The Balaban J connectivity index is 1.56. The number of carbonyl (C=O) groups is 2. The van der Waals surface area contributed by atoms with E-state index in [9.17, 15) is 9.59 Å². The van der Waals surface area contributed by atoms with Gasteiger partial charge >= 0.3 is 5.97 Å². The summed E-state index contributed by atoms with van der Waals surface area (Å²) < 4.78 is 7.06. The molecule has 1 N–H and O–H groups in total. The van der Waals surface area contributed by atoms with Crippen LogP contribution in [0.1, 0.15) is 43.1 Å². The number of hydrogen-bond donors (Lipinski definition) is 1. The Kier molecular flexibility index (Phi) is 5.76. The highest BCUT2D eigenvalue weighted by Gasteiger charge is 2.26. The van der Waals surface area contributed by atoms with Gasteiger partial charge in [-0.05, 0) is 43.3 Å². The average molecular weight is 410 g/mol. The second-order valence-electron chi connectivity index (χ2n) is 7.18. The molecule has 0 spiro atoms. The number of esters is 1. The first kappa shape index (κ1) is 19.4. The summed E-state index contributed by atoms with van der Waals surface area (Å²) in [7, 11) is 0. The summed E-state index contributed by atoms with van der Waals surface area (Å²) in [6.07, 6.45) is 3.35. The molecule has 29 heavy (non-hydrogen) atoms. The third kappa shape index (κ3) is 4.40. The predicted molar refractivity (Wildman–Crippen MR) is 112 cm³/mol. The number of para-hydroxylation sites is 1. The van der Waals surface area contributed by atoms with Crippen LogP contribution in [0.25, 0.3) is 16.3 Å². The molecule has 2 heterocycles. The lowest BCUT2D eigenvalue weighted by molar-refractivity contribution is -0.129. The molecule has 1 aromatic carbocycles. The number of rotatable bonds is 6. The van der Waals surface area contributed by atoms with Crippen molar-refractivity contribution in [1.82, 2.24) is 15.1 Å². The van der Waals surface area contributed by atoms with Crippen LogP contribution in [0.3, 0.4) is 0 Å². The SMILES string of the molecule is C[C@@H](OC(=O)c1cc(-c2cccs2)nn1-c1ccccc1)C(=O)NC1CCCC1. The number of amides is 1. The largest absolute Gasteiger partial charge is 0.448 e.